The monoisotopic (exact) mass is 315 g/mol. The Balaban J connectivity index is 1.75. The summed E-state index contributed by atoms with van der Waals surface area (Å²) in [6, 6.07) is 10.1. The highest BCUT2D eigenvalue weighted by Gasteiger charge is 2.24. The minimum absolute atomic E-state index is 0.108. The SMILES string of the molecule is COC1CCCN(C(=O)c2ccc(-c3sccc3C)cc2)C1. The number of rotatable bonds is 3. The van der Waals surface area contributed by atoms with Gasteiger partial charge >= 0.3 is 0 Å². The van der Waals surface area contributed by atoms with Gasteiger partial charge in [0.25, 0.3) is 5.91 Å². The van der Waals surface area contributed by atoms with E-state index >= 15 is 0 Å². The summed E-state index contributed by atoms with van der Waals surface area (Å²) in [5.74, 6) is 0.108. The molecule has 1 amide bonds. The van der Waals surface area contributed by atoms with Gasteiger partial charge in [-0.05, 0) is 54.5 Å². The molecule has 0 aliphatic carbocycles. The first-order valence-electron chi connectivity index (χ1n) is 7.65. The molecule has 4 heteroatoms. The fourth-order valence-electron chi connectivity index (χ4n) is 2.93. The lowest BCUT2D eigenvalue weighted by molar-refractivity contribution is 0.0269. The number of ether oxygens (including phenoxy) is 1. The van der Waals surface area contributed by atoms with E-state index in [0.717, 1.165) is 24.9 Å². The van der Waals surface area contributed by atoms with Crippen LogP contribution in [0.4, 0.5) is 0 Å². The minimum atomic E-state index is 0.108. The second kappa shape index (κ2) is 6.63. The third kappa shape index (κ3) is 3.08. The number of piperidine rings is 1. The van der Waals surface area contributed by atoms with Crippen LogP contribution in [-0.2, 0) is 4.74 Å². The van der Waals surface area contributed by atoms with Crippen LogP contribution in [0.5, 0.6) is 0 Å². The van der Waals surface area contributed by atoms with E-state index in [1.54, 1.807) is 18.4 Å². The van der Waals surface area contributed by atoms with E-state index in [9.17, 15) is 4.79 Å². The van der Waals surface area contributed by atoms with Crippen molar-refractivity contribution in [1.82, 2.24) is 4.90 Å². The zero-order valence-corrected chi connectivity index (χ0v) is 13.9. The largest absolute Gasteiger partial charge is 0.380 e. The van der Waals surface area contributed by atoms with Gasteiger partial charge in [0.2, 0.25) is 0 Å². The highest BCUT2D eigenvalue weighted by molar-refractivity contribution is 7.13. The normalized spacial score (nSPS) is 18.5. The fourth-order valence-corrected chi connectivity index (χ4v) is 3.86. The number of thiophene rings is 1. The Labute approximate surface area is 135 Å². The summed E-state index contributed by atoms with van der Waals surface area (Å²) in [4.78, 5) is 15.8. The van der Waals surface area contributed by atoms with Gasteiger partial charge < -0.3 is 9.64 Å². The molecule has 0 bridgehead atoms. The van der Waals surface area contributed by atoms with Gasteiger partial charge in [-0.3, -0.25) is 4.79 Å². The zero-order valence-electron chi connectivity index (χ0n) is 13.0. The first kappa shape index (κ1) is 15.3. The maximum absolute atomic E-state index is 12.6. The molecule has 2 aromatic rings. The Morgan fingerprint density at radius 1 is 1.27 bits per heavy atom. The first-order valence-corrected chi connectivity index (χ1v) is 8.53. The first-order chi connectivity index (χ1) is 10.7. The molecule has 1 aliphatic rings. The van der Waals surface area contributed by atoms with Crippen molar-refractivity contribution in [3.8, 4) is 10.4 Å². The smallest absolute Gasteiger partial charge is 0.253 e. The standard InChI is InChI=1S/C18H21NO2S/c1-13-9-11-22-17(13)14-5-7-15(8-6-14)18(20)19-10-3-4-16(12-19)21-2/h5-9,11,16H,3-4,10,12H2,1-2H3. The average molecular weight is 315 g/mol. The van der Waals surface area contributed by atoms with Gasteiger partial charge in [0, 0.05) is 30.6 Å². The van der Waals surface area contributed by atoms with Crippen molar-refractivity contribution < 1.29 is 9.53 Å². The Hall–Kier alpha value is -1.65. The predicted molar refractivity (Wildman–Crippen MR) is 90.4 cm³/mol. The second-order valence-corrected chi connectivity index (χ2v) is 6.68. The number of hydrogen-bond donors (Lipinski definition) is 0. The molecule has 3 nitrogen and oxygen atoms in total. The number of hydrogen-bond acceptors (Lipinski definition) is 3. The molecule has 1 unspecified atom stereocenters. The maximum Gasteiger partial charge on any atom is 0.253 e. The van der Waals surface area contributed by atoms with Crippen molar-refractivity contribution >= 4 is 17.2 Å². The predicted octanol–water partition coefficient (Wildman–Crippen LogP) is 3.97. The van der Waals surface area contributed by atoms with E-state index in [-0.39, 0.29) is 12.0 Å². The Bertz CT molecular complexity index is 647. The molecular weight excluding hydrogens is 294 g/mol. The number of carbonyl (C=O) groups is 1. The molecular formula is C18H21NO2S. The van der Waals surface area contributed by atoms with Crippen molar-refractivity contribution in [2.24, 2.45) is 0 Å². The molecule has 0 spiro atoms. The fraction of sp³-hybridized carbons (Fsp3) is 0.389. The van der Waals surface area contributed by atoms with Crippen LogP contribution in [0.3, 0.4) is 0 Å². The van der Waals surface area contributed by atoms with Crippen LogP contribution in [0.25, 0.3) is 10.4 Å². The molecule has 116 valence electrons. The lowest BCUT2D eigenvalue weighted by Gasteiger charge is -2.32. The number of benzene rings is 1. The molecule has 1 aliphatic heterocycles. The summed E-state index contributed by atoms with van der Waals surface area (Å²) in [5, 5.41) is 2.10. The number of likely N-dealkylation sites (tertiary alicyclic amines) is 1. The number of nitrogens with zero attached hydrogens (tertiary/aromatic N) is 1. The number of aryl methyl sites for hydroxylation is 1. The van der Waals surface area contributed by atoms with Gasteiger partial charge in [-0.25, -0.2) is 0 Å². The van der Waals surface area contributed by atoms with Crippen molar-refractivity contribution in [3.05, 3.63) is 46.8 Å². The maximum atomic E-state index is 12.6. The van der Waals surface area contributed by atoms with Crippen LogP contribution in [0, 0.1) is 6.92 Å². The molecule has 3 rings (SSSR count). The minimum Gasteiger partial charge on any atom is -0.380 e. The number of amides is 1. The number of methoxy groups -OCH3 is 1. The van der Waals surface area contributed by atoms with Crippen LogP contribution in [0.15, 0.2) is 35.7 Å². The van der Waals surface area contributed by atoms with Gasteiger partial charge in [-0.2, -0.15) is 0 Å². The van der Waals surface area contributed by atoms with E-state index in [1.807, 2.05) is 29.2 Å². The van der Waals surface area contributed by atoms with Gasteiger partial charge in [-0.15, -0.1) is 11.3 Å². The molecule has 0 radical (unpaired) electrons. The second-order valence-electron chi connectivity index (χ2n) is 5.76. The molecule has 1 saturated heterocycles. The van der Waals surface area contributed by atoms with Gasteiger partial charge in [0.15, 0.2) is 0 Å². The molecule has 0 N–H and O–H groups in total. The van der Waals surface area contributed by atoms with Gasteiger partial charge in [0.05, 0.1) is 6.10 Å². The molecule has 1 aromatic heterocycles. The summed E-state index contributed by atoms with van der Waals surface area (Å²) < 4.78 is 5.40. The summed E-state index contributed by atoms with van der Waals surface area (Å²) in [7, 11) is 1.72. The van der Waals surface area contributed by atoms with Gasteiger partial charge in [0.1, 0.15) is 0 Å². The van der Waals surface area contributed by atoms with Crippen LogP contribution in [0.1, 0.15) is 28.8 Å². The van der Waals surface area contributed by atoms with Crippen LogP contribution in [0.2, 0.25) is 0 Å². The van der Waals surface area contributed by atoms with E-state index in [4.69, 9.17) is 4.74 Å². The summed E-state index contributed by atoms with van der Waals surface area (Å²) >= 11 is 1.74. The highest BCUT2D eigenvalue weighted by atomic mass is 32.1. The summed E-state index contributed by atoms with van der Waals surface area (Å²) in [5.41, 5.74) is 3.22. The van der Waals surface area contributed by atoms with E-state index in [2.05, 4.69) is 18.4 Å². The molecule has 1 atom stereocenters. The molecule has 0 saturated carbocycles. The van der Waals surface area contributed by atoms with Crippen molar-refractivity contribution in [1.29, 1.82) is 0 Å². The van der Waals surface area contributed by atoms with Crippen LogP contribution in [-0.4, -0.2) is 37.1 Å². The van der Waals surface area contributed by atoms with E-state index in [1.165, 1.54) is 16.0 Å². The lowest BCUT2D eigenvalue weighted by Crippen LogP contribution is -2.42. The van der Waals surface area contributed by atoms with E-state index < -0.39 is 0 Å². The van der Waals surface area contributed by atoms with Crippen molar-refractivity contribution in [2.75, 3.05) is 20.2 Å². The van der Waals surface area contributed by atoms with Crippen LogP contribution < -0.4 is 0 Å². The quantitative estimate of drug-likeness (QED) is 0.857. The van der Waals surface area contributed by atoms with Crippen molar-refractivity contribution in [3.63, 3.8) is 0 Å². The zero-order chi connectivity index (χ0) is 15.5. The highest BCUT2D eigenvalue weighted by Crippen LogP contribution is 2.29. The third-order valence-electron chi connectivity index (χ3n) is 4.25. The lowest BCUT2D eigenvalue weighted by atomic mass is 10.0. The van der Waals surface area contributed by atoms with Gasteiger partial charge in [-0.1, -0.05) is 12.1 Å². The third-order valence-corrected chi connectivity index (χ3v) is 5.32. The molecule has 22 heavy (non-hydrogen) atoms. The Morgan fingerprint density at radius 3 is 2.68 bits per heavy atom. The van der Waals surface area contributed by atoms with Crippen molar-refractivity contribution in [2.45, 2.75) is 25.9 Å². The van der Waals surface area contributed by atoms with E-state index in [0.29, 0.717) is 6.54 Å². The Morgan fingerprint density at radius 2 is 2.05 bits per heavy atom. The van der Waals surface area contributed by atoms with Crippen LogP contribution >= 0.6 is 11.3 Å². The molecule has 2 heterocycles. The average Bonchev–Trinajstić information content (AvgIpc) is 3.00. The molecule has 1 fully saturated rings. The molecule has 1 aromatic carbocycles. The topological polar surface area (TPSA) is 29.5 Å². The summed E-state index contributed by atoms with van der Waals surface area (Å²) in [6.45, 7) is 3.63. The summed E-state index contributed by atoms with van der Waals surface area (Å²) in [6.07, 6.45) is 2.22. The number of carbonyl (C=O) groups excluding carboxylic acids is 1. The Kier molecular flexibility index (Phi) is 4.60.